The molecule has 3 aromatic heterocycles. The van der Waals surface area contributed by atoms with Crippen LogP contribution in [0.5, 0.6) is 0 Å². The molecular formula is C27H35BrN4O2. The van der Waals surface area contributed by atoms with Crippen LogP contribution in [0.1, 0.15) is 69.3 Å². The van der Waals surface area contributed by atoms with Gasteiger partial charge in [-0.05, 0) is 98.2 Å². The number of piperidine rings is 1. The third kappa shape index (κ3) is 5.87. The van der Waals surface area contributed by atoms with Crippen molar-refractivity contribution < 1.29 is 9.53 Å². The van der Waals surface area contributed by atoms with E-state index in [1.54, 1.807) is 0 Å². The molecule has 0 N–H and O–H groups in total. The average molecular weight is 528 g/mol. The van der Waals surface area contributed by atoms with Gasteiger partial charge in [-0.3, -0.25) is 14.7 Å². The van der Waals surface area contributed by atoms with Crippen molar-refractivity contribution in [2.45, 2.75) is 71.8 Å². The summed E-state index contributed by atoms with van der Waals surface area (Å²) in [5, 5.41) is 5.20. The number of rotatable bonds is 10. The maximum atomic E-state index is 11.9. The van der Waals surface area contributed by atoms with Crippen LogP contribution in [0.15, 0.2) is 35.1 Å². The highest BCUT2D eigenvalue weighted by molar-refractivity contribution is 9.10. The van der Waals surface area contributed by atoms with Crippen LogP contribution in [0.2, 0.25) is 0 Å². The maximum Gasteiger partial charge on any atom is 0.305 e. The van der Waals surface area contributed by atoms with Gasteiger partial charge in [-0.2, -0.15) is 5.10 Å². The highest BCUT2D eigenvalue weighted by Crippen LogP contribution is 2.34. The third-order valence-corrected chi connectivity index (χ3v) is 7.04. The molecule has 0 aliphatic carbocycles. The topological polar surface area (TPSA) is 59.7 Å². The molecule has 1 fully saturated rings. The van der Waals surface area contributed by atoms with Gasteiger partial charge >= 0.3 is 5.97 Å². The second kappa shape index (κ2) is 11.9. The van der Waals surface area contributed by atoms with Crippen LogP contribution in [-0.4, -0.2) is 45.2 Å². The first-order valence-corrected chi connectivity index (χ1v) is 13.4. The third-order valence-electron chi connectivity index (χ3n) is 6.60. The zero-order valence-corrected chi connectivity index (χ0v) is 21.9. The van der Waals surface area contributed by atoms with Crippen molar-refractivity contribution in [1.82, 2.24) is 19.5 Å². The first-order valence-electron chi connectivity index (χ1n) is 12.6. The van der Waals surface area contributed by atoms with Crippen LogP contribution in [0.25, 0.3) is 16.6 Å². The maximum absolute atomic E-state index is 11.9. The number of ether oxygens (including phenoxy) is 1. The van der Waals surface area contributed by atoms with Crippen LogP contribution in [-0.2, 0) is 28.9 Å². The molecule has 1 aliphatic heterocycles. The Balaban J connectivity index is 1.76. The molecule has 0 atom stereocenters. The number of aryl methyl sites for hydroxylation is 1. The highest BCUT2D eigenvalue weighted by Gasteiger charge is 2.21. The summed E-state index contributed by atoms with van der Waals surface area (Å²) in [6.45, 7) is 7.58. The Morgan fingerprint density at radius 3 is 2.68 bits per heavy atom. The largest absolute Gasteiger partial charge is 0.466 e. The van der Waals surface area contributed by atoms with Gasteiger partial charge in [0.05, 0.1) is 17.8 Å². The molecule has 0 bridgehead atoms. The van der Waals surface area contributed by atoms with E-state index >= 15 is 0 Å². The standard InChI is InChI=1S/C27H35BrN4O2/c1-3-22-12-13-25-27(20-16-21(28)18-29-17-20)23(10-6-7-11-26(33)34-4-2)24(30-32(22)25)19-31-14-8-5-9-15-31/h12-13,16-18H,3-11,14-15,19H2,1-2H3. The van der Waals surface area contributed by atoms with Crippen molar-refractivity contribution in [3.8, 4) is 11.1 Å². The molecule has 4 heterocycles. The minimum Gasteiger partial charge on any atom is -0.466 e. The predicted molar refractivity (Wildman–Crippen MR) is 139 cm³/mol. The molecule has 7 heteroatoms. The number of halogens is 1. The number of pyridine rings is 1. The molecule has 182 valence electrons. The van der Waals surface area contributed by atoms with E-state index < -0.39 is 0 Å². The van der Waals surface area contributed by atoms with Crippen molar-refractivity contribution >= 4 is 27.4 Å². The fraction of sp³-hybridized carbons (Fsp3) is 0.519. The molecule has 1 aliphatic rings. The SMILES string of the molecule is CCOC(=O)CCCCc1c(CN2CCCCC2)nn2c(CC)ccc2c1-c1cncc(Br)c1. The first-order chi connectivity index (χ1) is 16.6. The lowest BCUT2D eigenvalue weighted by Gasteiger charge is -2.27. The van der Waals surface area contributed by atoms with E-state index in [9.17, 15) is 4.79 Å². The van der Waals surface area contributed by atoms with Gasteiger partial charge in [0.15, 0.2) is 0 Å². The van der Waals surface area contributed by atoms with Crippen LogP contribution < -0.4 is 0 Å². The van der Waals surface area contributed by atoms with E-state index in [0.29, 0.717) is 13.0 Å². The molecule has 0 saturated carbocycles. The molecule has 0 amide bonds. The summed E-state index contributed by atoms with van der Waals surface area (Å²) in [7, 11) is 0. The molecule has 0 unspecified atom stereocenters. The number of carbonyl (C=O) groups excluding carboxylic acids is 1. The summed E-state index contributed by atoms with van der Waals surface area (Å²) in [4.78, 5) is 18.9. The van der Waals surface area contributed by atoms with E-state index in [4.69, 9.17) is 9.84 Å². The van der Waals surface area contributed by atoms with Gasteiger partial charge in [-0.25, -0.2) is 4.52 Å². The van der Waals surface area contributed by atoms with Crippen molar-refractivity contribution in [3.05, 3.63) is 52.0 Å². The fourth-order valence-electron chi connectivity index (χ4n) is 4.93. The minimum absolute atomic E-state index is 0.111. The van der Waals surface area contributed by atoms with Crippen LogP contribution in [0.4, 0.5) is 0 Å². The molecule has 34 heavy (non-hydrogen) atoms. The lowest BCUT2D eigenvalue weighted by Crippen LogP contribution is -2.30. The number of fused-ring (bicyclic) bond motifs is 1. The summed E-state index contributed by atoms with van der Waals surface area (Å²) >= 11 is 3.62. The molecular weight excluding hydrogens is 492 g/mol. The first kappa shape index (κ1) is 24.9. The zero-order valence-electron chi connectivity index (χ0n) is 20.4. The van der Waals surface area contributed by atoms with E-state index in [-0.39, 0.29) is 5.97 Å². The summed E-state index contributed by atoms with van der Waals surface area (Å²) in [6, 6.07) is 6.52. The summed E-state index contributed by atoms with van der Waals surface area (Å²) in [5.41, 5.74) is 7.08. The van der Waals surface area contributed by atoms with Gasteiger partial charge in [-0.15, -0.1) is 0 Å². The monoisotopic (exact) mass is 526 g/mol. The van der Waals surface area contributed by atoms with Crippen molar-refractivity contribution in [2.24, 2.45) is 0 Å². The number of hydrogen-bond donors (Lipinski definition) is 0. The smallest absolute Gasteiger partial charge is 0.305 e. The average Bonchev–Trinajstić information content (AvgIpc) is 3.25. The second-order valence-electron chi connectivity index (χ2n) is 9.02. The van der Waals surface area contributed by atoms with Gasteiger partial charge in [-0.1, -0.05) is 13.3 Å². The Morgan fingerprint density at radius 2 is 1.94 bits per heavy atom. The van der Waals surface area contributed by atoms with Gasteiger partial charge < -0.3 is 4.74 Å². The number of nitrogens with zero attached hydrogens (tertiary/aromatic N) is 4. The van der Waals surface area contributed by atoms with Crippen molar-refractivity contribution in [3.63, 3.8) is 0 Å². The molecule has 0 radical (unpaired) electrons. The fourth-order valence-corrected chi connectivity index (χ4v) is 5.29. The molecule has 1 saturated heterocycles. The Bertz CT molecular complexity index is 1120. The van der Waals surface area contributed by atoms with E-state index in [0.717, 1.165) is 66.6 Å². The second-order valence-corrected chi connectivity index (χ2v) is 9.93. The van der Waals surface area contributed by atoms with E-state index in [2.05, 4.69) is 55.5 Å². The Morgan fingerprint density at radius 1 is 1.12 bits per heavy atom. The zero-order chi connectivity index (χ0) is 23.9. The number of esters is 1. The number of hydrogen-bond acceptors (Lipinski definition) is 5. The quantitative estimate of drug-likeness (QED) is 0.240. The molecule has 4 rings (SSSR count). The molecule has 0 aromatic carbocycles. The Kier molecular flexibility index (Phi) is 8.73. The number of aromatic nitrogens is 3. The van der Waals surface area contributed by atoms with E-state index in [1.807, 2.05) is 19.3 Å². The van der Waals surface area contributed by atoms with Crippen LogP contribution in [0.3, 0.4) is 0 Å². The van der Waals surface area contributed by atoms with Crippen molar-refractivity contribution in [2.75, 3.05) is 19.7 Å². The van der Waals surface area contributed by atoms with Gasteiger partial charge in [0.25, 0.3) is 0 Å². The van der Waals surface area contributed by atoms with Crippen LogP contribution >= 0.6 is 15.9 Å². The minimum atomic E-state index is -0.111. The summed E-state index contributed by atoms with van der Waals surface area (Å²) in [5.74, 6) is -0.111. The highest BCUT2D eigenvalue weighted by atomic mass is 79.9. The molecule has 3 aromatic rings. The lowest BCUT2D eigenvalue weighted by molar-refractivity contribution is -0.143. The summed E-state index contributed by atoms with van der Waals surface area (Å²) in [6.07, 6.45) is 11.6. The van der Waals surface area contributed by atoms with Gasteiger partial charge in [0.2, 0.25) is 0 Å². The lowest BCUT2D eigenvalue weighted by atomic mass is 9.94. The summed E-state index contributed by atoms with van der Waals surface area (Å²) < 4.78 is 8.22. The van der Waals surface area contributed by atoms with Gasteiger partial charge in [0.1, 0.15) is 0 Å². The van der Waals surface area contributed by atoms with E-state index in [1.165, 1.54) is 36.1 Å². The predicted octanol–water partition coefficient (Wildman–Crippen LogP) is 5.98. The van der Waals surface area contributed by atoms with Gasteiger partial charge in [0, 0.05) is 46.7 Å². The Labute approximate surface area is 210 Å². The Hall–Kier alpha value is -2.25. The van der Waals surface area contributed by atoms with Crippen LogP contribution in [0, 0.1) is 0 Å². The number of carbonyl (C=O) groups is 1. The van der Waals surface area contributed by atoms with Crippen molar-refractivity contribution in [1.29, 1.82) is 0 Å². The molecule has 6 nitrogen and oxygen atoms in total. The number of unbranched alkanes of at least 4 members (excludes halogenated alkanes) is 1. The number of likely N-dealkylation sites (tertiary alicyclic amines) is 1. The molecule has 0 spiro atoms. The normalized spacial score (nSPS) is 14.6.